The van der Waals surface area contributed by atoms with Gasteiger partial charge in [0.2, 0.25) is 0 Å². The van der Waals surface area contributed by atoms with Crippen molar-refractivity contribution in [1.82, 2.24) is 19.5 Å². The van der Waals surface area contributed by atoms with E-state index in [0.29, 0.717) is 17.5 Å². The summed E-state index contributed by atoms with van der Waals surface area (Å²) in [6.07, 6.45) is 0. The Labute approximate surface area is 365 Å². The Hall–Kier alpha value is -8.19. The van der Waals surface area contributed by atoms with E-state index in [-0.39, 0.29) is 0 Å². The van der Waals surface area contributed by atoms with Crippen LogP contribution < -0.4 is 0 Å². The van der Waals surface area contributed by atoms with Crippen LogP contribution >= 0.6 is 11.3 Å². The predicted molar refractivity (Wildman–Crippen MR) is 262 cm³/mol. The maximum Gasteiger partial charge on any atom is 0.164 e. The smallest absolute Gasteiger partial charge is 0.164 e. The van der Waals surface area contributed by atoms with Gasteiger partial charge in [0.05, 0.1) is 22.1 Å². The van der Waals surface area contributed by atoms with Crippen LogP contribution in [0.25, 0.3) is 126 Å². The number of furan rings is 1. The SMILES string of the molecule is c1ccc(-c2nc(-c3ccccc3)nc(-c3cccc(-c4ccc5oc6cccc(-c7cccc8c7sc7ccccc78)c6c5c4-n4c5ccccc5c5ccccc54)c3)n2)cc1. The molecule has 0 aliphatic rings. The van der Waals surface area contributed by atoms with Gasteiger partial charge in [0.1, 0.15) is 11.2 Å². The monoisotopic (exact) mass is 822 g/mol. The standard InChI is InChI=1S/C57H34N4OS/c1-3-16-35(17-4-1)55-58-56(36-18-5-2-6-19-36)60-57(59-55)38-21-13-20-37(34-38)39-32-33-49-52(53(39)61-46-28-10-7-22-40(46)41-23-8-11-29-47(41)61)51-43(25-15-30-48(51)62-49)45-27-14-26-44-42-24-9-12-31-50(42)63-54(44)45/h1-34H. The van der Waals surface area contributed by atoms with E-state index in [1.807, 2.05) is 72.0 Å². The second-order valence-electron chi connectivity index (χ2n) is 15.9. The van der Waals surface area contributed by atoms with Gasteiger partial charge in [-0.2, -0.15) is 0 Å². The molecule has 0 aliphatic heterocycles. The summed E-state index contributed by atoms with van der Waals surface area (Å²) in [6, 6.07) is 72.6. The van der Waals surface area contributed by atoms with Crippen LogP contribution in [-0.2, 0) is 0 Å². The molecule has 4 heterocycles. The van der Waals surface area contributed by atoms with Crippen molar-refractivity contribution >= 4 is 75.3 Å². The highest BCUT2D eigenvalue weighted by atomic mass is 32.1. The van der Waals surface area contributed by atoms with Crippen molar-refractivity contribution in [3.8, 4) is 62.1 Å². The van der Waals surface area contributed by atoms with E-state index in [1.54, 1.807) is 0 Å². The molecule has 0 spiro atoms. The van der Waals surface area contributed by atoms with E-state index >= 15 is 0 Å². The molecule has 9 aromatic carbocycles. The first kappa shape index (κ1) is 35.6. The zero-order valence-electron chi connectivity index (χ0n) is 33.7. The fourth-order valence-electron chi connectivity index (χ4n) is 9.47. The third kappa shape index (κ3) is 5.66. The van der Waals surface area contributed by atoms with E-state index in [0.717, 1.165) is 72.0 Å². The van der Waals surface area contributed by atoms with Gasteiger partial charge in [-0.25, -0.2) is 15.0 Å². The quantitative estimate of drug-likeness (QED) is 0.168. The van der Waals surface area contributed by atoms with Crippen LogP contribution in [0.2, 0.25) is 0 Å². The number of para-hydroxylation sites is 2. The zero-order valence-corrected chi connectivity index (χ0v) is 34.6. The van der Waals surface area contributed by atoms with Crippen LogP contribution in [0.1, 0.15) is 0 Å². The summed E-state index contributed by atoms with van der Waals surface area (Å²) in [7, 11) is 0. The van der Waals surface area contributed by atoms with Gasteiger partial charge in [-0.1, -0.05) is 164 Å². The van der Waals surface area contributed by atoms with E-state index in [4.69, 9.17) is 19.4 Å². The Morgan fingerprint density at radius 3 is 1.60 bits per heavy atom. The third-order valence-corrected chi connectivity index (χ3v) is 13.5. The van der Waals surface area contributed by atoms with Crippen LogP contribution in [0.15, 0.2) is 211 Å². The molecule has 0 aliphatic carbocycles. The first-order valence-corrected chi connectivity index (χ1v) is 21.9. The molecule has 0 saturated carbocycles. The van der Waals surface area contributed by atoms with Crippen molar-refractivity contribution in [2.75, 3.05) is 0 Å². The van der Waals surface area contributed by atoms with Crippen LogP contribution in [0, 0.1) is 0 Å². The van der Waals surface area contributed by atoms with Crippen LogP contribution in [0.5, 0.6) is 0 Å². The molecule has 0 unspecified atom stereocenters. The second kappa shape index (κ2) is 14.2. The molecule has 0 atom stereocenters. The third-order valence-electron chi connectivity index (χ3n) is 12.3. The molecule has 0 saturated heterocycles. The van der Waals surface area contributed by atoms with Gasteiger partial charge in [0.25, 0.3) is 0 Å². The Kier molecular flexibility index (Phi) is 8.01. The Morgan fingerprint density at radius 1 is 0.365 bits per heavy atom. The normalized spacial score (nSPS) is 11.8. The summed E-state index contributed by atoms with van der Waals surface area (Å²) in [6.45, 7) is 0. The van der Waals surface area contributed by atoms with Gasteiger partial charge in [-0.3, -0.25) is 0 Å². The summed E-state index contributed by atoms with van der Waals surface area (Å²) >= 11 is 1.85. The lowest BCUT2D eigenvalue weighted by Gasteiger charge is -2.17. The van der Waals surface area contributed by atoms with Crippen molar-refractivity contribution in [3.63, 3.8) is 0 Å². The van der Waals surface area contributed by atoms with E-state index in [2.05, 4.69) is 150 Å². The summed E-state index contributed by atoms with van der Waals surface area (Å²) in [5, 5.41) is 7.08. The largest absolute Gasteiger partial charge is 0.456 e. The van der Waals surface area contributed by atoms with E-state index < -0.39 is 0 Å². The molecule has 0 bridgehead atoms. The van der Waals surface area contributed by atoms with Crippen molar-refractivity contribution in [2.45, 2.75) is 0 Å². The van der Waals surface area contributed by atoms with Crippen molar-refractivity contribution in [1.29, 1.82) is 0 Å². The minimum absolute atomic E-state index is 0.608. The molecular weight excluding hydrogens is 789 g/mol. The maximum absolute atomic E-state index is 6.91. The van der Waals surface area contributed by atoms with E-state index in [9.17, 15) is 0 Å². The van der Waals surface area contributed by atoms with Crippen molar-refractivity contribution in [2.24, 2.45) is 0 Å². The fourth-order valence-corrected chi connectivity index (χ4v) is 10.7. The molecule has 0 amide bonds. The van der Waals surface area contributed by atoms with Crippen LogP contribution in [0.3, 0.4) is 0 Å². The molecular formula is C57H34N4OS. The number of hydrogen-bond donors (Lipinski definition) is 0. The molecule has 63 heavy (non-hydrogen) atoms. The lowest BCUT2D eigenvalue weighted by Crippen LogP contribution is -2.01. The highest BCUT2D eigenvalue weighted by molar-refractivity contribution is 7.26. The minimum atomic E-state index is 0.608. The maximum atomic E-state index is 6.91. The number of nitrogens with zero attached hydrogens (tertiary/aromatic N) is 4. The van der Waals surface area contributed by atoms with Crippen molar-refractivity contribution in [3.05, 3.63) is 206 Å². The average Bonchev–Trinajstić information content (AvgIpc) is 4.04. The number of thiophene rings is 1. The van der Waals surface area contributed by atoms with Gasteiger partial charge in [-0.05, 0) is 53.6 Å². The molecule has 13 rings (SSSR count). The molecule has 294 valence electrons. The lowest BCUT2D eigenvalue weighted by atomic mass is 9.94. The molecule has 13 aromatic rings. The van der Waals surface area contributed by atoms with E-state index in [1.165, 1.54) is 36.5 Å². The van der Waals surface area contributed by atoms with Gasteiger partial charge in [0, 0.05) is 64.1 Å². The number of aromatic nitrogens is 4. The fraction of sp³-hybridized carbons (Fsp3) is 0. The Balaban J connectivity index is 1.11. The van der Waals surface area contributed by atoms with Gasteiger partial charge in [-0.15, -0.1) is 11.3 Å². The van der Waals surface area contributed by atoms with Crippen LogP contribution in [0.4, 0.5) is 0 Å². The van der Waals surface area contributed by atoms with Crippen LogP contribution in [-0.4, -0.2) is 19.5 Å². The summed E-state index contributed by atoms with van der Waals surface area (Å²) < 4.78 is 11.9. The summed E-state index contributed by atoms with van der Waals surface area (Å²) in [5.41, 5.74) is 12.2. The highest BCUT2D eigenvalue weighted by Gasteiger charge is 2.25. The Bertz CT molecular complexity index is 3810. The van der Waals surface area contributed by atoms with Gasteiger partial charge >= 0.3 is 0 Å². The second-order valence-corrected chi connectivity index (χ2v) is 16.9. The van der Waals surface area contributed by atoms with Crippen molar-refractivity contribution < 1.29 is 4.42 Å². The highest BCUT2D eigenvalue weighted by Crippen LogP contribution is 2.48. The molecule has 0 N–H and O–H groups in total. The number of benzene rings is 9. The molecule has 6 heteroatoms. The number of fused-ring (bicyclic) bond motifs is 9. The topological polar surface area (TPSA) is 56.7 Å². The Morgan fingerprint density at radius 2 is 0.889 bits per heavy atom. The van der Waals surface area contributed by atoms with Gasteiger partial charge < -0.3 is 8.98 Å². The molecule has 5 nitrogen and oxygen atoms in total. The number of hydrogen-bond acceptors (Lipinski definition) is 5. The summed E-state index contributed by atoms with van der Waals surface area (Å²) in [4.78, 5) is 15.2. The average molecular weight is 823 g/mol. The summed E-state index contributed by atoms with van der Waals surface area (Å²) in [5.74, 6) is 1.86. The predicted octanol–water partition coefficient (Wildman–Crippen LogP) is 15.6. The number of rotatable bonds is 6. The zero-order chi connectivity index (χ0) is 41.4. The lowest BCUT2D eigenvalue weighted by molar-refractivity contribution is 0.669. The molecule has 0 radical (unpaired) electrons. The molecule has 4 aromatic heterocycles. The first-order valence-electron chi connectivity index (χ1n) is 21.1. The van der Waals surface area contributed by atoms with Gasteiger partial charge in [0.15, 0.2) is 17.5 Å². The first-order chi connectivity index (χ1) is 31.2. The minimum Gasteiger partial charge on any atom is -0.456 e. The molecule has 0 fully saturated rings.